The van der Waals surface area contributed by atoms with E-state index in [1.54, 1.807) is 17.0 Å². The number of aliphatic hydroxyl groups is 1. The van der Waals surface area contributed by atoms with E-state index in [1.807, 2.05) is 0 Å². The molecule has 0 atom stereocenters. The molecular formula is C15H20F2N2O3. The summed E-state index contributed by atoms with van der Waals surface area (Å²) in [4.78, 5) is 16.1. The number of carbonyl (C=O) groups is 1. The maximum Gasteiger partial charge on any atom is 0.387 e. The van der Waals surface area contributed by atoms with Gasteiger partial charge in [0.2, 0.25) is 5.91 Å². The zero-order chi connectivity index (χ0) is 15.9. The van der Waals surface area contributed by atoms with Crippen molar-refractivity contribution in [3.63, 3.8) is 0 Å². The third-order valence-corrected chi connectivity index (χ3v) is 3.65. The molecule has 1 N–H and O–H groups in total. The summed E-state index contributed by atoms with van der Waals surface area (Å²) in [5.74, 6) is 0.106. The number of aliphatic hydroxyl groups excluding tert-OH is 1. The Labute approximate surface area is 128 Å². The van der Waals surface area contributed by atoms with Gasteiger partial charge in [-0.3, -0.25) is 9.69 Å². The van der Waals surface area contributed by atoms with Crippen LogP contribution < -0.4 is 4.74 Å². The van der Waals surface area contributed by atoms with E-state index in [2.05, 4.69) is 9.64 Å². The Kier molecular flexibility index (Phi) is 6.09. The molecular weight excluding hydrogens is 294 g/mol. The van der Waals surface area contributed by atoms with Gasteiger partial charge in [0, 0.05) is 32.7 Å². The molecule has 1 aliphatic rings. The topological polar surface area (TPSA) is 53.0 Å². The smallest absolute Gasteiger partial charge is 0.387 e. The molecule has 1 aliphatic heterocycles. The molecule has 0 aromatic heterocycles. The number of hydrogen-bond donors (Lipinski definition) is 1. The molecule has 0 aliphatic carbocycles. The second kappa shape index (κ2) is 8.05. The van der Waals surface area contributed by atoms with Crippen LogP contribution in [0.25, 0.3) is 0 Å². The second-order valence-electron chi connectivity index (χ2n) is 5.15. The van der Waals surface area contributed by atoms with Crippen molar-refractivity contribution in [3.8, 4) is 5.75 Å². The fourth-order valence-electron chi connectivity index (χ4n) is 2.44. The lowest BCUT2D eigenvalue weighted by Gasteiger charge is -2.34. The van der Waals surface area contributed by atoms with Crippen molar-refractivity contribution >= 4 is 5.91 Å². The number of rotatable bonds is 6. The van der Waals surface area contributed by atoms with Crippen LogP contribution in [0.3, 0.4) is 0 Å². The first kappa shape index (κ1) is 16.6. The SMILES string of the molecule is O=C(Cc1ccc(OC(F)F)cc1)N1CCN(CCO)CC1. The van der Waals surface area contributed by atoms with Crippen LogP contribution in [0, 0.1) is 0 Å². The first-order valence-electron chi connectivity index (χ1n) is 7.23. The molecule has 22 heavy (non-hydrogen) atoms. The van der Waals surface area contributed by atoms with E-state index in [0.29, 0.717) is 19.6 Å². The van der Waals surface area contributed by atoms with Gasteiger partial charge < -0.3 is 14.7 Å². The normalized spacial score (nSPS) is 16.1. The molecule has 7 heteroatoms. The molecule has 1 aromatic rings. The van der Waals surface area contributed by atoms with Gasteiger partial charge in [-0.15, -0.1) is 0 Å². The second-order valence-corrected chi connectivity index (χ2v) is 5.15. The van der Waals surface area contributed by atoms with Crippen LogP contribution >= 0.6 is 0 Å². The Morgan fingerprint density at radius 2 is 1.82 bits per heavy atom. The Morgan fingerprint density at radius 1 is 1.18 bits per heavy atom. The van der Waals surface area contributed by atoms with Gasteiger partial charge in [0.15, 0.2) is 0 Å². The zero-order valence-electron chi connectivity index (χ0n) is 12.3. The number of benzene rings is 1. The third-order valence-electron chi connectivity index (χ3n) is 3.65. The van der Waals surface area contributed by atoms with Gasteiger partial charge in [-0.05, 0) is 17.7 Å². The van der Waals surface area contributed by atoms with Gasteiger partial charge in [0.05, 0.1) is 13.0 Å². The van der Waals surface area contributed by atoms with Gasteiger partial charge in [-0.1, -0.05) is 12.1 Å². The van der Waals surface area contributed by atoms with Crippen molar-refractivity contribution in [1.29, 1.82) is 0 Å². The summed E-state index contributed by atoms with van der Waals surface area (Å²) in [6, 6.07) is 6.12. The summed E-state index contributed by atoms with van der Waals surface area (Å²) in [5, 5.41) is 8.89. The van der Waals surface area contributed by atoms with Crippen LogP contribution in [0.5, 0.6) is 5.75 Å². The molecule has 1 heterocycles. The van der Waals surface area contributed by atoms with Crippen molar-refractivity contribution in [2.75, 3.05) is 39.3 Å². The molecule has 1 saturated heterocycles. The highest BCUT2D eigenvalue weighted by Crippen LogP contribution is 2.16. The summed E-state index contributed by atoms with van der Waals surface area (Å²) in [6.07, 6.45) is 0.245. The average molecular weight is 314 g/mol. The molecule has 122 valence electrons. The number of carbonyl (C=O) groups excluding carboxylic acids is 1. The summed E-state index contributed by atoms with van der Waals surface area (Å²) in [6.45, 7) is 0.717. The molecule has 0 saturated carbocycles. The minimum absolute atomic E-state index is 0.0196. The fraction of sp³-hybridized carbons (Fsp3) is 0.533. The Morgan fingerprint density at radius 3 is 2.36 bits per heavy atom. The van der Waals surface area contributed by atoms with E-state index < -0.39 is 6.61 Å². The highest BCUT2D eigenvalue weighted by Gasteiger charge is 2.20. The third kappa shape index (κ3) is 4.92. The predicted molar refractivity (Wildman–Crippen MR) is 76.9 cm³/mol. The lowest BCUT2D eigenvalue weighted by Crippen LogP contribution is -2.49. The van der Waals surface area contributed by atoms with Crippen molar-refractivity contribution in [2.45, 2.75) is 13.0 Å². The van der Waals surface area contributed by atoms with Crippen LogP contribution in [0.15, 0.2) is 24.3 Å². The molecule has 2 rings (SSSR count). The highest BCUT2D eigenvalue weighted by atomic mass is 19.3. The van der Waals surface area contributed by atoms with Crippen LogP contribution in [0.2, 0.25) is 0 Å². The van der Waals surface area contributed by atoms with Crippen LogP contribution in [0.1, 0.15) is 5.56 Å². The predicted octanol–water partition coefficient (Wildman–Crippen LogP) is 0.967. The number of hydrogen-bond acceptors (Lipinski definition) is 4. The lowest BCUT2D eigenvalue weighted by atomic mass is 10.1. The quantitative estimate of drug-likeness (QED) is 0.850. The van der Waals surface area contributed by atoms with Crippen LogP contribution in [0.4, 0.5) is 8.78 Å². The van der Waals surface area contributed by atoms with E-state index in [1.165, 1.54) is 12.1 Å². The summed E-state index contributed by atoms with van der Waals surface area (Å²) < 4.78 is 28.4. The van der Waals surface area contributed by atoms with Gasteiger partial charge in [0.1, 0.15) is 5.75 Å². The van der Waals surface area contributed by atoms with E-state index in [0.717, 1.165) is 18.7 Å². The fourth-order valence-corrected chi connectivity index (χ4v) is 2.44. The van der Waals surface area contributed by atoms with E-state index in [-0.39, 0.29) is 24.7 Å². The Bertz CT molecular complexity index is 474. The van der Waals surface area contributed by atoms with Gasteiger partial charge >= 0.3 is 6.61 Å². The minimum atomic E-state index is -2.84. The van der Waals surface area contributed by atoms with Crippen molar-refractivity contribution in [3.05, 3.63) is 29.8 Å². The first-order valence-corrected chi connectivity index (χ1v) is 7.23. The van der Waals surface area contributed by atoms with Crippen LogP contribution in [-0.4, -0.2) is 66.8 Å². The van der Waals surface area contributed by atoms with Crippen LogP contribution in [-0.2, 0) is 11.2 Å². The molecule has 0 radical (unpaired) electrons. The van der Waals surface area contributed by atoms with Gasteiger partial charge in [-0.2, -0.15) is 8.78 Å². The molecule has 5 nitrogen and oxygen atoms in total. The van der Waals surface area contributed by atoms with Crippen molar-refractivity contribution in [2.24, 2.45) is 0 Å². The molecule has 0 bridgehead atoms. The number of piperazine rings is 1. The van der Waals surface area contributed by atoms with Crippen molar-refractivity contribution < 1.29 is 23.4 Å². The average Bonchev–Trinajstić information content (AvgIpc) is 2.50. The van der Waals surface area contributed by atoms with E-state index in [9.17, 15) is 13.6 Å². The molecule has 0 unspecified atom stereocenters. The molecule has 1 aromatic carbocycles. The summed E-state index contributed by atoms with van der Waals surface area (Å²) in [5.41, 5.74) is 0.768. The number of ether oxygens (including phenoxy) is 1. The monoisotopic (exact) mass is 314 g/mol. The minimum Gasteiger partial charge on any atom is -0.435 e. The Hall–Kier alpha value is -1.73. The number of nitrogens with zero attached hydrogens (tertiary/aromatic N) is 2. The number of alkyl halides is 2. The van der Waals surface area contributed by atoms with E-state index in [4.69, 9.17) is 5.11 Å². The maximum absolute atomic E-state index is 12.2. The van der Waals surface area contributed by atoms with E-state index >= 15 is 0 Å². The summed E-state index contributed by atoms with van der Waals surface area (Å²) in [7, 11) is 0. The zero-order valence-corrected chi connectivity index (χ0v) is 12.3. The van der Waals surface area contributed by atoms with Crippen molar-refractivity contribution in [1.82, 2.24) is 9.80 Å². The highest BCUT2D eigenvalue weighted by molar-refractivity contribution is 5.78. The number of halogens is 2. The van der Waals surface area contributed by atoms with Gasteiger partial charge in [-0.25, -0.2) is 0 Å². The number of amides is 1. The molecule has 0 spiro atoms. The largest absolute Gasteiger partial charge is 0.435 e. The standard InChI is InChI=1S/C15H20F2N2O3/c16-15(17)22-13-3-1-12(2-4-13)11-14(21)19-7-5-18(6-8-19)9-10-20/h1-4,15,20H,5-11H2. The maximum atomic E-state index is 12.2. The van der Waals surface area contributed by atoms with Gasteiger partial charge in [0.25, 0.3) is 0 Å². The first-order chi connectivity index (χ1) is 10.6. The molecule has 1 amide bonds. The Balaban J connectivity index is 1.82. The lowest BCUT2D eigenvalue weighted by molar-refractivity contribution is -0.132. The number of β-amino-alcohol motifs (C(OH)–C–C–N with tert-alkyl or cyclic N) is 1. The molecule has 1 fully saturated rings. The summed E-state index contributed by atoms with van der Waals surface area (Å²) >= 11 is 0.